The van der Waals surface area contributed by atoms with Gasteiger partial charge in [0.25, 0.3) is 0 Å². The highest BCUT2D eigenvalue weighted by molar-refractivity contribution is 8.00. The van der Waals surface area contributed by atoms with Gasteiger partial charge >= 0.3 is 0 Å². The maximum absolute atomic E-state index is 6.08. The number of methoxy groups -OCH3 is 1. The Bertz CT molecular complexity index is 328. The molecule has 0 saturated carbocycles. The van der Waals surface area contributed by atoms with Crippen LogP contribution in [-0.2, 0) is 0 Å². The topological polar surface area (TPSA) is 21.3 Å². The maximum Gasteiger partial charge on any atom is 0.120 e. The first-order valence-corrected chi connectivity index (χ1v) is 6.00. The summed E-state index contributed by atoms with van der Waals surface area (Å²) in [6.45, 7) is 0. The lowest BCUT2D eigenvalue weighted by molar-refractivity contribution is 0.415. The highest BCUT2D eigenvalue weighted by Crippen LogP contribution is 2.29. The third-order valence-electron chi connectivity index (χ3n) is 2.17. The minimum Gasteiger partial charge on any atom is -0.497 e. The third kappa shape index (κ3) is 2.10. The molecule has 1 aromatic rings. The van der Waals surface area contributed by atoms with Crippen molar-refractivity contribution in [1.29, 1.82) is 0 Å². The van der Waals surface area contributed by atoms with Gasteiger partial charge in [0.2, 0.25) is 0 Å². The largest absolute Gasteiger partial charge is 0.497 e. The van der Waals surface area contributed by atoms with Crippen molar-refractivity contribution < 1.29 is 4.74 Å². The molecule has 1 heterocycles. The molecule has 14 heavy (non-hydrogen) atoms. The Labute approximate surface area is 93.0 Å². The van der Waals surface area contributed by atoms with Gasteiger partial charge in [-0.2, -0.15) is 11.8 Å². The van der Waals surface area contributed by atoms with Gasteiger partial charge in [-0.05, 0) is 12.1 Å². The van der Waals surface area contributed by atoms with Crippen LogP contribution in [0.25, 0.3) is 0 Å². The number of halogens is 1. The van der Waals surface area contributed by atoms with E-state index in [1.165, 1.54) is 11.5 Å². The summed E-state index contributed by atoms with van der Waals surface area (Å²) in [6, 6.07) is 6.28. The first-order valence-electron chi connectivity index (χ1n) is 4.47. The second-order valence-corrected chi connectivity index (χ2v) is 4.71. The van der Waals surface area contributed by atoms with Gasteiger partial charge in [0.05, 0.1) is 17.8 Å². The van der Waals surface area contributed by atoms with Crippen LogP contribution in [-0.4, -0.2) is 24.7 Å². The van der Waals surface area contributed by atoms with Crippen LogP contribution in [0.1, 0.15) is 0 Å². The summed E-state index contributed by atoms with van der Waals surface area (Å²) >= 11 is 8.03. The Morgan fingerprint density at radius 1 is 1.50 bits per heavy atom. The Balaban J connectivity index is 2.09. The summed E-state index contributed by atoms with van der Waals surface area (Å²) < 4.78 is 5.08. The molecule has 2 rings (SSSR count). The van der Waals surface area contributed by atoms with Gasteiger partial charge in [-0.1, -0.05) is 11.6 Å². The Morgan fingerprint density at radius 2 is 2.29 bits per heavy atom. The van der Waals surface area contributed by atoms with Crippen molar-refractivity contribution in [2.75, 3.05) is 23.9 Å². The van der Waals surface area contributed by atoms with Crippen molar-refractivity contribution in [3.63, 3.8) is 0 Å². The molecule has 0 amide bonds. The lowest BCUT2D eigenvalue weighted by Gasteiger charge is -2.27. The van der Waals surface area contributed by atoms with Crippen LogP contribution in [0.15, 0.2) is 18.2 Å². The fourth-order valence-electron chi connectivity index (χ4n) is 1.28. The molecule has 0 unspecified atom stereocenters. The van der Waals surface area contributed by atoms with E-state index in [2.05, 4.69) is 5.32 Å². The van der Waals surface area contributed by atoms with E-state index in [0.29, 0.717) is 6.04 Å². The number of ether oxygens (including phenoxy) is 1. The second-order valence-electron chi connectivity index (χ2n) is 3.22. The molecule has 0 atom stereocenters. The summed E-state index contributed by atoms with van der Waals surface area (Å²) in [5.74, 6) is 3.13. The van der Waals surface area contributed by atoms with Gasteiger partial charge in [0.1, 0.15) is 5.75 Å². The van der Waals surface area contributed by atoms with E-state index >= 15 is 0 Å². The van der Waals surface area contributed by atoms with Crippen molar-refractivity contribution in [2.45, 2.75) is 6.04 Å². The fourth-order valence-corrected chi connectivity index (χ4v) is 2.14. The molecule has 1 aromatic carbocycles. The molecule has 0 radical (unpaired) electrons. The van der Waals surface area contributed by atoms with Crippen LogP contribution in [0.3, 0.4) is 0 Å². The SMILES string of the molecule is COc1ccc(NC2CSC2)c(Cl)c1. The normalized spacial score (nSPS) is 16.1. The van der Waals surface area contributed by atoms with Crippen LogP contribution >= 0.6 is 23.4 Å². The van der Waals surface area contributed by atoms with Gasteiger partial charge in [-0.25, -0.2) is 0 Å². The average molecular weight is 230 g/mol. The van der Waals surface area contributed by atoms with E-state index < -0.39 is 0 Å². The molecule has 0 bridgehead atoms. The molecule has 4 heteroatoms. The zero-order valence-corrected chi connectivity index (χ0v) is 9.49. The lowest BCUT2D eigenvalue weighted by Crippen LogP contribution is -2.33. The molecule has 0 spiro atoms. The van der Waals surface area contributed by atoms with Gasteiger partial charge in [0.15, 0.2) is 0 Å². The monoisotopic (exact) mass is 229 g/mol. The quantitative estimate of drug-likeness (QED) is 0.861. The zero-order valence-electron chi connectivity index (χ0n) is 7.92. The number of benzene rings is 1. The highest BCUT2D eigenvalue weighted by Gasteiger charge is 2.18. The molecular formula is C10H12ClNOS. The summed E-state index contributed by atoms with van der Waals surface area (Å²) in [7, 11) is 1.64. The number of thioether (sulfide) groups is 1. The van der Waals surface area contributed by atoms with Crippen LogP contribution in [0.5, 0.6) is 5.75 Å². The molecule has 1 N–H and O–H groups in total. The number of hydrogen-bond acceptors (Lipinski definition) is 3. The van der Waals surface area contributed by atoms with Gasteiger partial charge in [0, 0.05) is 23.6 Å². The maximum atomic E-state index is 6.08. The molecular weight excluding hydrogens is 218 g/mol. The second kappa shape index (κ2) is 4.32. The van der Waals surface area contributed by atoms with E-state index in [4.69, 9.17) is 16.3 Å². The summed E-state index contributed by atoms with van der Waals surface area (Å²) in [5.41, 5.74) is 0.998. The van der Waals surface area contributed by atoms with Gasteiger partial charge < -0.3 is 10.1 Å². The fraction of sp³-hybridized carbons (Fsp3) is 0.400. The number of hydrogen-bond donors (Lipinski definition) is 1. The summed E-state index contributed by atoms with van der Waals surface area (Å²) in [5, 5.41) is 4.11. The molecule has 0 aromatic heterocycles. The Hall–Kier alpha value is -0.540. The lowest BCUT2D eigenvalue weighted by atomic mass is 10.2. The minimum atomic E-state index is 0.575. The molecule has 1 aliphatic rings. The smallest absolute Gasteiger partial charge is 0.120 e. The van der Waals surface area contributed by atoms with Crippen molar-refractivity contribution in [2.24, 2.45) is 0 Å². The third-order valence-corrected chi connectivity index (χ3v) is 3.76. The molecule has 1 fully saturated rings. The average Bonchev–Trinajstić information content (AvgIpc) is 2.13. The van der Waals surface area contributed by atoms with Crippen molar-refractivity contribution in [1.82, 2.24) is 0 Å². The highest BCUT2D eigenvalue weighted by atomic mass is 35.5. The van der Waals surface area contributed by atoms with E-state index in [-0.39, 0.29) is 0 Å². The van der Waals surface area contributed by atoms with Crippen LogP contribution in [0.4, 0.5) is 5.69 Å². The summed E-state index contributed by atoms with van der Waals surface area (Å²) in [4.78, 5) is 0. The first-order chi connectivity index (χ1) is 6.79. The standard InChI is InChI=1S/C10H12ClNOS/c1-13-8-2-3-10(9(11)4-8)12-7-5-14-6-7/h2-4,7,12H,5-6H2,1H3. The van der Waals surface area contributed by atoms with E-state index in [0.717, 1.165) is 16.5 Å². The minimum absolute atomic E-state index is 0.575. The molecule has 0 aliphatic carbocycles. The molecule has 2 nitrogen and oxygen atoms in total. The van der Waals surface area contributed by atoms with E-state index in [1.807, 2.05) is 30.0 Å². The van der Waals surface area contributed by atoms with Crippen molar-refractivity contribution in [3.8, 4) is 5.75 Å². The first kappa shape index (κ1) is 9.99. The van der Waals surface area contributed by atoms with Crippen molar-refractivity contribution in [3.05, 3.63) is 23.2 Å². The number of anilines is 1. The predicted molar refractivity (Wildman–Crippen MR) is 62.7 cm³/mol. The number of rotatable bonds is 3. The van der Waals surface area contributed by atoms with Gasteiger partial charge in [-0.15, -0.1) is 0 Å². The van der Waals surface area contributed by atoms with Crippen LogP contribution in [0, 0.1) is 0 Å². The van der Waals surface area contributed by atoms with Gasteiger partial charge in [-0.3, -0.25) is 0 Å². The molecule has 1 saturated heterocycles. The zero-order chi connectivity index (χ0) is 9.97. The van der Waals surface area contributed by atoms with E-state index in [9.17, 15) is 0 Å². The van der Waals surface area contributed by atoms with Crippen LogP contribution in [0.2, 0.25) is 5.02 Å². The van der Waals surface area contributed by atoms with Crippen LogP contribution < -0.4 is 10.1 Å². The number of nitrogens with one attached hydrogen (secondary N) is 1. The molecule has 1 aliphatic heterocycles. The Morgan fingerprint density at radius 3 is 2.79 bits per heavy atom. The molecule has 76 valence electrons. The Kier molecular flexibility index (Phi) is 3.08. The summed E-state index contributed by atoms with van der Waals surface area (Å²) in [6.07, 6.45) is 0. The predicted octanol–water partition coefficient (Wildman–Crippen LogP) is 2.88. The van der Waals surface area contributed by atoms with E-state index in [1.54, 1.807) is 7.11 Å². The van der Waals surface area contributed by atoms with Crippen molar-refractivity contribution >= 4 is 29.1 Å².